The molecule has 0 aliphatic rings. The lowest BCUT2D eigenvalue weighted by molar-refractivity contribution is -0.137. The number of rotatable bonds is 7. The summed E-state index contributed by atoms with van der Waals surface area (Å²) in [6.45, 7) is -0.107. The Balaban J connectivity index is 1.61. The minimum Gasteiger partial charge on any atom is -0.345 e. The Kier molecular flexibility index (Phi) is 7.87. The molecule has 4 aromatic rings. The summed E-state index contributed by atoms with van der Waals surface area (Å²) in [5.41, 5.74) is 0.0874. The molecule has 1 amide bonds. The van der Waals surface area contributed by atoms with Gasteiger partial charge in [-0.05, 0) is 42.0 Å². The van der Waals surface area contributed by atoms with Crippen LogP contribution in [0.5, 0.6) is 0 Å². The number of aromatic nitrogens is 3. The second-order valence-electron chi connectivity index (χ2n) is 7.48. The van der Waals surface area contributed by atoms with E-state index >= 15 is 0 Å². The predicted molar refractivity (Wildman–Crippen MR) is 130 cm³/mol. The molecule has 0 unspecified atom stereocenters. The second kappa shape index (κ2) is 10.9. The fourth-order valence-corrected chi connectivity index (χ4v) is 4.48. The van der Waals surface area contributed by atoms with Crippen molar-refractivity contribution in [1.82, 2.24) is 20.1 Å². The maximum atomic E-state index is 14.0. The van der Waals surface area contributed by atoms with Crippen molar-refractivity contribution < 1.29 is 22.4 Å². The molecule has 0 saturated carbocycles. The third-order valence-electron chi connectivity index (χ3n) is 5.01. The molecule has 186 valence electrons. The van der Waals surface area contributed by atoms with Gasteiger partial charge in [0.15, 0.2) is 11.0 Å². The number of carbonyl (C=O) groups excluding carboxylic acids is 1. The van der Waals surface area contributed by atoms with Crippen LogP contribution in [0, 0.1) is 5.82 Å². The molecule has 0 spiro atoms. The van der Waals surface area contributed by atoms with Gasteiger partial charge in [0, 0.05) is 5.75 Å². The van der Waals surface area contributed by atoms with Crippen LogP contribution in [0.25, 0.3) is 5.69 Å². The molecule has 0 fully saturated rings. The zero-order valence-corrected chi connectivity index (χ0v) is 20.5. The molecule has 0 radical (unpaired) electrons. The topological polar surface area (TPSA) is 59.8 Å². The highest BCUT2D eigenvalue weighted by Gasteiger charge is 2.30. The Labute approximate surface area is 217 Å². The minimum atomic E-state index is -4.45. The van der Waals surface area contributed by atoms with Crippen LogP contribution in [0.4, 0.5) is 17.6 Å². The van der Waals surface area contributed by atoms with Crippen LogP contribution in [-0.2, 0) is 18.5 Å². The van der Waals surface area contributed by atoms with E-state index in [-0.39, 0.29) is 22.9 Å². The first-order valence-electron chi connectivity index (χ1n) is 10.3. The number of benzene rings is 3. The summed E-state index contributed by atoms with van der Waals surface area (Å²) in [6.07, 6.45) is -4.45. The molecule has 0 saturated heterocycles. The SMILES string of the molecule is O=C(NCc1nnc(SCc2cccc(C(F)(F)F)c2)n1-c1ccc(Cl)c(Cl)c1)c1ccccc1F. The van der Waals surface area contributed by atoms with Crippen molar-refractivity contribution in [2.75, 3.05) is 0 Å². The fourth-order valence-electron chi connectivity index (χ4n) is 3.28. The van der Waals surface area contributed by atoms with Gasteiger partial charge in [0.2, 0.25) is 0 Å². The number of amides is 1. The summed E-state index contributed by atoms with van der Waals surface area (Å²) < 4.78 is 54.8. The van der Waals surface area contributed by atoms with Crippen LogP contribution in [0.15, 0.2) is 71.9 Å². The minimum absolute atomic E-state index is 0.107. The van der Waals surface area contributed by atoms with Crippen LogP contribution in [0.3, 0.4) is 0 Å². The van der Waals surface area contributed by atoms with E-state index in [9.17, 15) is 22.4 Å². The van der Waals surface area contributed by atoms with Gasteiger partial charge in [-0.1, -0.05) is 65.3 Å². The van der Waals surface area contributed by atoms with E-state index < -0.39 is 23.5 Å². The Morgan fingerprint density at radius 2 is 1.75 bits per heavy atom. The molecule has 12 heteroatoms. The van der Waals surface area contributed by atoms with Crippen molar-refractivity contribution in [3.8, 4) is 5.69 Å². The summed E-state index contributed by atoms with van der Waals surface area (Å²) in [7, 11) is 0. The summed E-state index contributed by atoms with van der Waals surface area (Å²) in [5, 5.41) is 11.8. The van der Waals surface area contributed by atoms with Crippen LogP contribution in [-0.4, -0.2) is 20.7 Å². The van der Waals surface area contributed by atoms with Gasteiger partial charge in [0.25, 0.3) is 5.91 Å². The number of nitrogens with one attached hydrogen (secondary N) is 1. The lowest BCUT2D eigenvalue weighted by Crippen LogP contribution is -2.25. The van der Waals surface area contributed by atoms with E-state index in [0.717, 1.165) is 23.9 Å². The molecule has 3 aromatic carbocycles. The number of halogens is 6. The molecule has 1 N–H and O–H groups in total. The summed E-state index contributed by atoms with van der Waals surface area (Å²) in [6, 6.07) is 15.3. The van der Waals surface area contributed by atoms with Crippen LogP contribution in [0.1, 0.15) is 27.3 Å². The van der Waals surface area contributed by atoms with Gasteiger partial charge in [0.1, 0.15) is 5.82 Å². The van der Waals surface area contributed by atoms with E-state index in [4.69, 9.17) is 23.2 Å². The molecular weight excluding hydrogens is 539 g/mol. The van der Waals surface area contributed by atoms with Gasteiger partial charge in [-0.15, -0.1) is 10.2 Å². The number of nitrogens with zero attached hydrogens (tertiary/aromatic N) is 3. The smallest absolute Gasteiger partial charge is 0.345 e. The molecule has 0 aliphatic carbocycles. The second-order valence-corrected chi connectivity index (χ2v) is 9.24. The lowest BCUT2D eigenvalue weighted by atomic mass is 10.1. The molecule has 0 aliphatic heterocycles. The first-order valence-corrected chi connectivity index (χ1v) is 12.1. The Hall–Kier alpha value is -3.08. The number of hydrogen-bond acceptors (Lipinski definition) is 4. The third kappa shape index (κ3) is 6.00. The maximum absolute atomic E-state index is 14.0. The van der Waals surface area contributed by atoms with E-state index in [1.54, 1.807) is 34.9 Å². The normalized spacial score (nSPS) is 11.5. The number of hydrogen-bond donors (Lipinski definition) is 1. The lowest BCUT2D eigenvalue weighted by Gasteiger charge is -2.12. The van der Waals surface area contributed by atoms with E-state index in [2.05, 4.69) is 15.5 Å². The van der Waals surface area contributed by atoms with Crippen molar-refractivity contribution in [3.05, 3.63) is 105 Å². The van der Waals surface area contributed by atoms with E-state index in [1.807, 2.05) is 0 Å². The van der Waals surface area contributed by atoms with Crippen molar-refractivity contribution >= 4 is 40.9 Å². The van der Waals surface area contributed by atoms with Gasteiger partial charge in [-0.2, -0.15) is 13.2 Å². The first-order chi connectivity index (χ1) is 17.1. The van der Waals surface area contributed by atoms with Gasteiger partial charge >= 0.3 is 6.18 Å². The number of alkyl halides is 3. The maximum Gasteiger partial charge on any atom is 0.416 e. The highest BCUT2D eigenvalue weighted by molar-refractivity contribution is 7.98. The Morgan fingerprint density at radius 3 is 2.47 bits per heavy atom. The van der Waals surface area contributed by atoms with Crippen molar-refractivity contribution in [1.29, 1.82) is 0 Å². The molecule has 0 atom stereocenters. The standard InChI is InChI=1S/C24H16Cl2F4N4OS/c25-18-9-8-16(11-19(18)26)34-21(12-31-22(35)17-6-1-2-7-20(17)27)32-33-23(34)36-13-14-4-3-5-15(10-14)24(28,29)30/h1-11H,12-13H2,(H,31,35). The van der Waals surface area contributed by atoms with Crippen molar-refractivity contribution in [2.45, 2.75) is 23.6 Å². The van der Waals surface area contributed by atoms with Gasteiger partial charge < -0.3 is 5.32 Å². The van der Waals surface area contributed by atoms with E-state index in [1.165, 1.54) is 24.3 Å². The molecule has 4 rings (SSSR count). The van der Waals surface area contributed by atoms with Crippen molar-refractivity contribution in [2.24, 2.45) is 0 Å². The summed E-state index contributed by atoms with van der Waals surface area (Å²) in [4.78, 5) is 12.5. The number of thioether (sulfide) groups is 1. The van der Waals surface area contributed by atoms with E-state index in [0.29, 0.717) is 27.3 Å². The third-order valence-corrected chi connectivity index (χ3v) is 6.75. The fraction of sp³-hybridized carbons (Fsp3) is 0.125. The Bertz CT molecular complexity index is 1410. The van der Waals surface area contributed by atoms with Gasteiger partial charge in [0.05, 0.1) is 33.4 Å². The average Bonchev–Trinajstić information content (AvgIpc) is 3.25. The Morgan fingerprint density at radius 1 is 0.972 bits per heavy atom. The van der Waals surface area contributed by atoms with Crippen molar-refractivity contribution in [3.63, 3.8) is 0 Å². The predicted octanol–water partition coefficient (Wildman–Crippen LogP) is 6.95. The van der Waals surface area contributed by atoms with Gasteiger partial charge in [-0.3, -0.25) is 9.36 Å². The molecule has 36 heavy (non-hydrogen) atoms. The number of carbonyl (C=O) groups is 1. The molecule has 1 aromatic heterocycles. The molecule has 0 bridgehead atoms. The largest absolute Gasteiger partial charge is 0.416 e. The summed E-state index contributed by atoms with van der Waals surface area (Å²) >= 11 is 13.4. The first kappa shape index (κ1) is 26.0. The zero-order chi connectivity index (χ0) is 25.9. The monoisotopic (exact) mass is 554 g/mol. The quantitative estimate of drug-likeness (QED) is 0.198. The van der Waals surface area contributed by atoms with Gasteiger partial charge in [-0.25, -0.2) is 4.39 Å². The highest BCUT2D eigenvalue weighted by atomic mass is 35.5. The molecule has 5 nitrogen and oxygen atoms in total. The summed E-state index contributed by atoms with van der Waals surface area (Å²) in [5.74, 6) is -0.844. The molecule has 1 heterocycles. The molecular formula is C24H16Cl2F4N4OS. The van der Waals surface area contributed by atoms with Crippen LogP contribution in [0.2, 0.25) is 10.0 Å². The zero-order valence-electron chi connectivity index (χ0n) is 18.2. The average molecular weight is 555 g/mol. The van der Waals surface area contributed by atoms with Crippen LogP contribution >= 0.6 is 35.0 Å². The highest BCUT2D eigenvalue weighted by Crippen LogP contribution is 2.32. The van der Waals surface area contributed by atoms with Crippen LogP contribution < -0.4 is 5.32 Å².